The summed E-state index contributed by atoms with van der Waals surface area (Å²) in [7, 11) is 2.86. The number of nitrogens with zero attached hydrogens (tertiary/aromatic N) is 2. The highest BCUT2D eigenvalue weighted by Crippen LogP contribution is 2.26. The number of hydrogen-bond acceptors (Lipinski definition) is 4. The van der Waals surface area contributed by atoms with E-state index in [1.54, 1.807) is 0 Å². The van der Waals surface area contributed by atoms with Crippen LogP contribution in [0.5, 0.6) is 0 Å². The predicted molar refractivity (Wildman–Crippen MR) is 65.0 cm³/mol. The van der Waals surface area contributed by atoms with E-state index in [1.807, 2.05) is 0 Å². The van der Waals surface area contributed by atoms with Crippen LogP contribution < -0.4 is 5.32 Å². The molecular weight excluding hydrogens is 263 g/mol. The monoisotopic (exact) mass is 277 g/mol. The topological polar surface area (TPSA) is 58.4 Å². The first-order valence-corrected chi connectivity index (χ1v) is 5.43. The Hall–Kier alpha value is -1.83. The molecule has 0 aliphatic heterocycles. The molecule has 1 aromatic rings. The SMILES string of the molecule is CNc1cc(CN(C)CC(F)(F)F)ccc1[N+](=O)[O-]. The summed E-state index contributed by atoms with van der Waals surface area (Å²) in [5, 5.41) is 13.4. The van der Waals surface area contributed by atoms with Crippen LogP contribution in [0.1, 0.15) is 5.56 Å². The maximum absolute atomic E-state index is 12.2. The first kappa shape index (κ1) is 15.2. The van der Waals surface area contributed by atoms with Crippen molar-refractivity contribution in [1.29, 1.82) is 0 Å². The zero-order valence-corrected chi connectivity index (χ0v) is 10.5. The fraction of sp³-hybridized carbons (Fsp3) is 0.455. The maximum atomic E-state index is 12.2. The molecule has 0 fully saturated rings. The van der Waals surface area contributed by atoms with Crippen molar-refractivity contribution in [3.63, 3.8) is 0 Å². The molecule has 0 spiro atoms. The van der Waals surface area contributed by atoms with Crippen molar-refractivity contribution in [3.05, 3.63) is 33.9 Å². The summed E-state index contributed by atoms with van der Waals surface area (Å²) in [6.45, 7) is -0.967. The molecule has 0 saturated heterocycles. The third kappa shape index (κ3) is 4.74. The summed E-state index contributed by atoms with van der Waals surface area (Å²) >= 11 is 0. The van der Waals surface area contributed by atoms with Crippen LogP contribution in [0.25, 0.3) is 0 Å². The van der Waals surface area contributed by atoms with Gasteiger partial charge in [-0.1, -0.05) is 6.07 Å². The molecule has 19 heavy (non-hydrogen) atoms. The van der Waals surface area contributed by atoms with Gasteiger partial charge < -0.3 is 5.32 Å². The summed E-state index contributed by atoms with van der Waals surface area (Å²) in [5.74, 6) is 0. The second-order valence-electron chi connectivity index (χ2n) is 4.15. The second kappa shape index (κ2) is 5.87. The van der Waals surface area contributed by atoms with Gasteiger partial charge in [-0.15, -0.1) is 0 Å². The first-order valence-electron chi connectivity index (χ1n) is 5.43. The van der Waals surface area contributed by atoms with E-state index in [2.05, 4.69) is 5.32 Å². The van der Waals surface area contributed by atoms with E-state index in [0.29, 0.717) is 5.56 Å². The van der Waals surface area contributed by atoms with Crippen molar-refractivity contribution in [2.24, 2.45) is 0 Å². The van der Waals surface area contributed by atoms with E-state index in [4.69, 9.17) is 0 Å². The molecule has 8 heteroatoms. The van der Waals surface area contributed by atoms with E-state index in [-0.39, 0.29) is 17.9 Å². The highest BCUT2D eigenvalue weighted by Gasteiger charge is 2.29. The number of hydrogen-bond donors (Lipinski definition) is 1. The molecule has 1 N–H and O–H groups in total. The van der Waals surface area contributed by atoms with E-state index in [0.717, 1.165) is 4.90 Å². The van der Waals surface area contributed by atoms with Gasteiger partial charge in [-0.05, 0) is 18.7 Å². The van der Waals surface area contributed by atoms with Crippen molar-refractivity contribution in [2.75, 3.05) is 26.0 Å². The van der Waals surface area contributed by atoms with Gasteiger partial charge in [-0.3, -0.25) is 15.0 Å². The summed E-state index contributed by atoms with van der Waals surface area (Å²) in [5.41, 5.74) is 0.745. The minimum absolute atomic E-state index is 0.0617. The average molecular weight is 277 g/mol. The Morgan fingerprint density at radius 1 is 1.42 bits per heavy atom. The second-order valence-corrected chi connectivity index (χ2v) is 4.15. The van der Waals surface area contributed by atoms with Gasteiger partial charge in [0.05, 0.1) is 11.5 Å². The highest BCUT2D eigenvalue weighted by molar-refractivity contribution is 5.62. The largest absolute Gasteiger partial charge is 0.401 e. The van der Waals surface area contributed by atoms with E-state index >= 15 is 0 Å². The Kier molecular flexibility index (Phi) is 4.71. The Bertz CT molecular complexity index is 463. The molecule has 0 aromatic heterocycles. The van der Waals surface area contributed by atoms with Crippen LogP contribution in [0, 0.1) is 10.1 Å². The third-order valence-corrected chi connectivity index (χ3v) is 2.43. The zero-order valence-electron chi connectivity index (χ0n) is 10.5. The molecule has 0 aliphatic rings. The number of rotatable bonds is 5. The number of halogens is 3. The van der Waals surface area contributed by atoms with Gasteiger partial charge in [-0.2, -0.15) is 13.2 Å². The molecule has 0 amide bonds. The van der Waals surface area contributed by atoms with Crippen molar-refractivity contribution >= 4 is 11.4 Å². The molecule has 1 aromatic carbocycles. The van der Waals surface area contributed by atoms with Crippen molar-refractivity contribution in [2.45, 2.75) is 12.7 Å². The maximum Gasteiger partial charge on any atom is 0.401 e. The van der Waals surface area contributed by atoms with Crippen LogP contribution >= 0.6 is 0 Å². The van der Waals surface area contributed by atoms with Crippen LogP contribution in [-0.4, -0.2) is 36.6 Å². The lowest BCUT2D eigenvalue weighted by Gasteiger charge is -2.18. The number of benzene rings is 1. The standard InChI is InChI=1S/C11H14F3N3O2/c1-15-9-5-8(3-4-10(9)17(18)19)6-16(2)7-11(12,13)14/h3-5,15H,6-7H2,1-2H3. The number of alkyl halides is 3. The quantitative estimate of drug-likeness (QED) is 0.664. The number of nitrogens with one attached hydrogen (secondary N) is 1. The van der Waals surface area contributed by atoms with Gasteiger partial charge in [0, 0.05) is 19.7 Å². The Labute approximate surface area is 108 Å². The van der Waals surface area contributed by atoms with Gasteiger partial charge in [0.25, 0.3) is 5.69 Å². The van der Waals surface area contributed by atoms with Gasteiger partial charge in [0.2, 0.25) is 0 Å². The van der Waals surface area contributed by atoms with Crippen LogP contribution in [0.15, 0.2) is 18.2 Å². The summed E-state index contributed by atoms with van der Waals surface area (Å²) in [6, 6.07) is 4.21. The van der Waals surface area contributed by atoms with Crippen molar-refractivity contribution in [3.8, 4) is 0 Å². The fourth-order valence-corrected chi connectivity index (χ4v) is 1.71. The number of anilines is 1. The molecule has 0 atom stereocenters. The summed E-state index contributed by atoms with van der Waals surface area (Å²) in [4.78, 5) is 11.3. The molecule has 0 aliphatic carbocycles. The van der Waals surface area contributed by atoms with Gasteiger partial charge in [-0.25, -0.2) is 0 Å². The lowest BCUT2D eigenvalue weighted by molar-refractivity contribution is -0.384. The molecule has 5 nitrogen and oxygen atoms in total. The lowest BCUT2D eigenvalue weighted by atomic mass is 10.1. The molecule has 0 saturated carbocycles. The molecule has 0 bridgehead atoms. The van der Waals surface area contributed by atoms with E-state index in [9.17, 15) is 23.3 Å². The minimum Gasteiger partial charge on any atom is -0.383 e. The third-order valence-electron chi connectivity index (χ3n) is 2.43. The first-order chi connectivity index (χ1) is 8.73. The zero-order chi connectivity index (χ0) is 14.6. The van der Waals surface area contributed by atoms with Crippen LogP contribution in [-0.2, 0) is 6.54 Å². The fourth-order valence-electron chi connectivity index (χ4n) is 1.71. The van der Waals surface area contributed by atoms with E-state index in [1.165, 1.54) is 32.3 Å². The Morgan fingerprint density at radius 3 is 2.53 bits per heavy atom. The molecular formula is C11H14F3N3O2. The van der Waals surface area contributed by atoms with Gasteiger partial charge in [0.15, 0.2) is 0 Å². The normalized spacial score (nSPS) is 11.7. The smallest absolute Gasteiger partial charge is 0.383 e. The number of nitro benzene ring substituents is 1. The summed E-state index contributed by atoms with van der Waals surface area (Å²) in [6.07, 6.45) is -4.26. The molecule has 106 valence electrons. The minimum atomic E-state index is -4.26. The van der Waals surface area contributed by atoms with Crippen LogP contribution in [0.4, 0.5) is 24.5 Å². The Balaban J connectivity index is 2.83. The molecule has 0 unspecified atom stereocenters. The molecule has 1 rings (SSSR count). The van der Waals surface area contributed by atoms with E-state index < -0.39 is 17.6 Å². The molecule has 0 heterocycles. The van der Waals surface area contributed by atoms with Crippen molar-refractivity contribution < 1.29 is 18.1 Å². The number of nitro groups is 1. The van der Waals surface area contributed by atoms with Gasteiger partial charge >= 0.3 is 6.18 Å². The highest BCUT2D eigenvalue weighted by atomic mass is 19.4. The average Bonchev–Trinajstić information content (AvgIpc) is 2.25. The Morgan fingerprint density at radius 2 is 2.05 bits per heavy atom. The van der Waals surface area contributed by atoms with Crippen LogP contribution in [0.3, 0.4) is 0 Å². The predicted octanol–water partition coefficient (Wildman–Crippen LogP) is 2.63. The van der Waals surface area contributed by atoms with Gasteiger partial charge in [0.1, 0.15) is 5.69 Å². The van der Waals surface area contributed by atoms with Crippen LogP contribution in [0.2, 0.25) is 0 Å². The van der Waals surface area contributed by atoms with Crippen molar-refractivity contribution in [1.82, 2.24) is 4.90 Å². The summed E-state index contributed by atoms with van der Waals surface area (Å²) < 4.78 is 36.5. The lowest BCUT2D eigenvalue weighted by Crippen LogP contribution is -2.30. The molecule has 0 radical (unpaired) electrons.